The van der Waals surface area contributed by atoms with E-state index in [1.54, 1.807) is 0 Å². The lowest BCUT2D eigenvalue weighted by Crippen LogP contribution is -1.95. The smallest absolute Gasteiger partial charge is 0.0626 e. The van der Waals surface area contributed by atoms with Crippen molar-refractivity contribution >= 4 is 54.1 Å². The molecule has 0 aliphatic rings. The number of aromatic nitrogens is 1. The summed E-state index contributed by atoms with van der Waals surface area (Å²) in [5.74, 6) is 0. The van der Waals surface area contributed by atoms with Crippen LogP contribution in [0.15, 0.2) is 188 Å². The quantitative estimate of drug-likeness (QED) is 0.172. The van der Waals surface area contributed by atoms with E-state index in [0.29, 0.717) is 0 Å². The maximum atomic E-state index is 2.48. The Bertz CT molecular complexity index is 2830. The lowest BCUT2D eigenvalue weighted by atomic mass is 9.88. The van der Waals surface area contributed by atoms with Gasteiger partial charge in [-0.2, -0.15) is 0 Å². The molecule has 0 unspecified atom stereocenters. The van der Waals surface area contributed by atoms with Gasteiger partial charge in [-0.1, -0.05) is 164 Å². The summed E-state index contributed by atoms with van der Waals surface area (Å²) < 4.78 is 2.48. The SMILES string of the molecule is c1ccc(-c2ccc(-c3cc4c5ccccc5c5c(c6ccccc6n5-c5ccc(-c6ccccc6)cc5)c4c4ccccc34)cc2)cc1. The van der Waals surface area contributed by atoms with Crippen LogP contribution in [-0.4, -0.2) is 4.57 Å². The third-order valence-corrected chi connectivity index (χ3v) is 10.2. The first kappa shape index (κ1) is 27.7. The summed E-state index contributed by atoms with van der Waals surface area (Å²) in [6.45, 7) is 0. The van der Waals surface area contributed by atoms with Gasteiger partial charge in [-0.05, 0) is 79.2 Å². The molecule has 0 aliphatic carbocycles. The highest BCUT2D eigenvalue weighted by atomic mass is 15.0. The van der Waals surface area contributed by atoms with Gasteiger partial charge in [0, 0.05) is 27.2 Å². The fourth-order valence-corrected chi connectivity index (χ4v) is 7.94. The van der Waals surface area contributed by atoms with Crippen molar-refractivity contribution in [2.24, 2.45) is 0 Å². The summed E-state index contributed by atoms with van der Waals surface area (Å²) in [5, 5.41) is 10.2. The molecule has 0 fully saturated rings. The zero-order valence-corrected chi connectivity index (χ0v) is 26.8. The minimum atomic E-state index is 1.16. The van der Waals surface area contributed by atoms with Crippen LogP contribution in [0.2, 0.25) is 0 Å². The van der Waals surface area contributed by atoms with Gasteiger partial charge in [0.2, 0.25) is 0 Å². The van der Waals surface area contributed by atoms with E-state index in [2.05, 4.69) is 193 Å². The molecule has 0 saturated heterocycles. The lowest BCUT2D eigenvalue weighted by Gasteiger charge is -2.16. The minimum absolute atomic E-state index is 1.16. The molecule has 0 saturated carbocycles. The van der Waals surface area contributed by atoms with Gasteiger partial charge in [0.25, 0.3) is 0 Å². The predicted molar refractivity (Wildman–Crippen MR) is 210 cm³/mol. The van der Waals surface area contributed by atoms with Crippen LogP contribution in [0.4, 0.5) is 0 Å². The summed E-state index contributed by atoms with van der Waals surface area (Å²) >= 11 is 0. The second kappa shape index (κ2) is 11.1. The Morgan fingerprint density at radius 1 is 0.286 bits per heavy atom. The van der Waals surface area contributed by atoms with Crippen LogP contribution >= 0.6 is 0 Å². The first-order valence-corrected chi connectivity index (χ1v) is 16.9. The molecule has 49 heavy (non-hydrogen) atoms. The molecule has 10 rings (SSSR count). The van der Waals surface area contributed by atoms with Crippen LogP contribution in [0.3, 0.4) is 0 Å². The molecular formula is C48H31N. The third kappa shape index (κ3) is 4.33. The fourth-order valence-electron chi connectivity index (χ4n) is 7.94. The van der Waals surface area contributed by atoms with Crippen molar-refractivity contribution in [1.29, 1.82) is 0 Å². The highest BCUT2D eigenvalue weighted by Gasteiger charge is 2.21. The van der Waals surface area contributed by atoms with Gasteiger partial charge in [-0.3, -0.25) is 0 Å². The Morgan fingerprint density at radius 2 is 0.755 bits per heavy atom. The Labute approximate surface area is 284 Å². The van der Waals surface area contributed by atoms with E-state index in [4.69, 9.17) is 0 Å². The van der Waals surface area contributed by atoms with Crippen molar-refractivity contribution in [2.75, 3.05) is 0 Å². The first-order valence-electron chi connectivity index (χ1n) is 16.9. The zero-order chi connectivity index (χ0) is 32.3. The maximum Gasteiger partial charge on any atom is 0.0626 e. The van der Waals surface area contributed by atoms with Crippen LogP contribution in [0.5, 0.6) is 0 Å². The molecule has 0 atom stereocenters. The highest BCUT2D eigenvalue weighted by molar-refractivity contribution is 6.38. The number of fused-ring (bicyclic) bond motifs is 10. The first-order chi connectivity index (χ1) is 24.3. The van der Waals surface area contributed by atoms with Crippen LogP contribution in [0.1, 0.15) is 0 Å². The Hall–Kier alpha value is -6.44. The van der Waals surface area contributed by atoms with Gasteiger partial charge in [-0.25, -0.2) is 0 Å². The molecule has 0 bridgehead atoms. The lowest BCUT2D eigenvalue weighted by molar-refractivity contribution is 1.19. The van der Waals surface area contributed by atoms with E-state index in [0.717, 1.165) is 5.69 Å². The predicted octanol–water partition coefficient (Wildman–Crippen LogP) is 13.2. The van der Waals surface area contributed by atoms with Crippen molar-refractivity contribution in [3.63, 3.8) is 0 Å². The number of benzene rings is 9. The standard InChI is InChI=1S/C48H31N/c1-3-13-32(14-4-1)34-23-25-36(26-24-34)43-31-44-39-18-8-10-20-41(39)48-47(46(44)40-19-9-7-17-38(40)43)42-21-11-12-22-45(42)49(48)37-29-27-35(28-30-37)33-15-5-2-6-16-33/h1-31H. The maximum absolute atomic E-state index is 2.48. The molecule has 0 aliphatic heterocycles. The molecular weight excluding hydrogens is 591 g/mol. The monoisotopic (exact) mass is 621 g/mol. The Morgan fingerprint density at radius 3 is 1.41 bits per heavy atom. The van der Waals surface area contributed by atoms with Crippen LogP contribution in [-0.2, 0) is 0 Å². The molecule has 10 aromatic rings. The van der Waals surface area contributed by atoms with Crippen LogP contribution < -0.4 is 0 Å². The average molecular weight is 622 g/mol. The third-order valence-electron chi connectivity index (χ3n) is 10.2. The molecule has 0 N–H and O–H groups in total. The van der Waals surface area contributed by atoms with Gasteiger partial charge in [0.15, 0.2) is 0 Å². The van der Waals surface area contributed by atoms with E-state index < -0.39 is 0 Å². The Kier molecular flexibility index (Phi) is 6.25. The molecule has 1 heteroatoms. The van der Waals surface area contributed by atoms with Crippen molar-refractivity contribution in [1.82, 2.24) is 4.57 Å². The zero-order valence-electron chi connectivity index (χ0n) is 26.8. The number of rotatable bonds is 4. The summed E-state index contributed by atoms with van der Waals surface area (Å²) in [5.41, 5.74) is 11.0. The second-order valence-electron chi connectivity index (χ2n) is 12.9. The van der Waals surface area contributed by atoms with E-state index in [1.807, 2.05) is 0 Å². The summed E-state index contributed by atoms with van der Waals surface area (Å²) in [6, 6.07) is 68.6. The Balaban J connectivity index is 1.29. The van der Waals surface area contributed by atoms with Crippen LogP contribution in [0, 0.1) is 0 Å². The normalized spacial score (nSPS) is 11.7. The van der Waals surface area contributed by atoms with Gasteiger partial charge in [0.05, 0.1) is 11.0 Å². The summed E-state index contributed by atoms with van der Waals surface area (Å²) in [4.78, 5) is 0. The molecule has 0 spiro atoms. The van der Waals surface area contributed by atoms with Crippen LogP contribution in [0.25, 0.3) is 93.2 Å². The second-order valence-corrected chi connectivity index (χ2v) is 12.9. The summed E-state index contributed by atoms with van der Waals surface area (Å²) in [7, 11) is 0. The topological polar surface area (TPSA) is 4.93 Å². The number of hydrogen-bond donors (Lipinski definition) is 0. The molecule has 0 radical (unpaired) electrons. The van der Waals surface area contributed by atoms with E-state index >= 15 is 0 Å². The minimum Gasteiger partial charge on any atom is -0.309 e. The van der Waals surface area contributed by atoms with E-state index in [9.17, 15) is 0 Å². The molecule has 1 nitrogen and oxygen atoms in total. The summed E-state index contributed by atoms with van der Waals surface area (Å²) in [6.07, 6.45) is 0. The van der Waals surface area contributed by atoms with E-state index in [1.165, 1.54) is 87.5 Å². The van der Waals surface area contributed by atoms with Gasteiger partial charge < -0.3 is 4.57 Å². The fraction of sp³-hybridized carbons (Fsp3) is 0. The van der Waals surface area contributed by atoms with E-state index in [-0.39, 0.29) is 0 Å². The largest absolute Gasteiger partial charge is 0.309 e. The van der Waals surface area contributed by atoms with Crippen molar-refractivity contribution in [2.45, 2.75) is 0 Å². The average Bonchev–Trinajstić information content (AvgIpc) is 3.54. The van der Waals surface area contributed by atoms with Gasteiger partial charge in [-0.15, -0.1) is 0 Å². The van der Waals surface area contributed by atoms with Gasteiger partial charge in [0.1, 0.15) is 0 Å². The molecule has 0 amide bonds. The molecule has 228 valence electrons. The number of nitrogens with zero attached hydrogens (tertiary/aromatic N) is 1. The van der Waals surface area contributed by atoms with Crippen molar-refractivity contribution in [3.05, 3.63) is 188 Å². The molecule has 1 heterocycles. The van der Waals surface area contributed by atoms with Crippen molar-refractivity contribution in [3.8, 4) is 39.1 Å². The number of hydrogen-bond acceptors (Lipinski definition) is 0. The molecule has 1 aromatic heterocycles. The van der Waals surface area contributed by atoms with Gasteiger partial charge >= 0.3 is 0 Å². The highest BCUT2D eigenvalue weighted by Crippen LogP contribution is 2.47. The molecule has 9 aromatic carbocycles. The van der Waals surface area contributed by atoms with Crippen molar-refractivity contribution < 1.29 is 0 Å². The number of para-hydroxylation sites is 1.